The molecule has 17 heavy (non-hydrogen) atoms. The topological polar surface area (TPSA) is 34.1 Å². The molecule has 1 atom stereocenters. The minimum atomic E-state index is -2.92. The molecule has 0 fully saturated rings. The van der Waals surface area contributed by atoms with Crippen LogP contribution in [-0.2, 0) is 16.3 Å². The van der Waals surface area contributed by atoms with Gasteiger partial charge in [-0.1, -0.05) is 28.1 Å². The molecule has 0 aliphatic rings. The van der Waals surface area contributed by atoms with Crippen LogP contribution in [0.15, 0.2) is 24.3 Å². The van der Waals surface area contributed by atoms with Gasteiger partial charge in [0.1, 0.15) is 15.7 Å². The normalized spacial score (nSPS) is 13.6. The quantitative estimate of drug-likeness (QED) is 0.755. The van der Waals surface area contributed by atoms with Gasteiger partial charge in [-0.25, -0.2) is 12.8 Å². The molecule has 0 aromatic heterocycles. The first-order valence-corrected chi connectivity index (χ1v) is 8.57. The number of rotatable bonds is 6. The first-order valence-electron chi connectivity index (χ1n) is 5.39. The van der Waals surface area contributed by atoms with E-state index in [1.807, 2.05) is 6.07 Å². The zero-order chi connectivity index (χ0) is 12.9. The molecule has 1 aromatic rings. The monoisotopic (exact) mass is 322 g/mol. The van der Waals surface area contributed by atoms with Crippen LogP contribution in [0, 0.1) is 11.7 Å². The van der Waals surface area contributed by atoms with Gasteiger partial charge in [0.2, 0.25) is 0 Å². The Morgan fingerprint density at radius 1 is 1.41 bits per heavy atom. The molecule has 0 N–H and O–H groups in total. The molecule has 2 nitrogen and oxygen atoms in total. The summed E-state index contributed by atoms with van der Waals surface area (Å²) in [6, 6.07) is 6.44. The van der Waals surface area contributed by atoms with Gasteiger partial charge < -0.3 is 0 Å². The molecular formula is C12H16BrFO2S. The molecule has 0 saturated heterocycles. The summed E-state index contributed by atoms with van der Waals surface area (Å²) in [5.74, 6) is 0.143. The summed E-state index contributed by atoms with van der Waals surface area (Å²) >= 11 is 3.37. The Kier molecular flexibility index (Phi) is 5.59. The van der Waals surface area contributed by atoms with Crippen LogP contribution >= 0.6 is 15.9 Å². The fourth-order valence-corrected chi connectivity index (χ4v) is 2.93. The Morgan fingerprint density at radius 2 is 2.12 bits per heavy atom. The van der Waals surface area contributed by atoms with E-state index < -0.39 is 9.84 Å². The van der Waals surface area contributed by atoms with Crippen molar-refractivity contribution in [2.45, 2.75) is 12.8 Å². The SMILES string of the molecule is CS(=O)(=O)CCC(CBr)Cc1cccc(F)c1. The summed E-state index contributed by atoms with van der Waals surface area (Å²) in [6.45, 7) is 0. The van der Waals surface area contributed by atoms with Gasteiger partial charge in [-0.05, 0) is 36.5 Å². The van der Waals surface area contributed by atoms with Gasteiger partial charge >= 0.3 is 0 Å². The summed E-state index contributed by atoms with van der Waals surface area (Å²) in [6.07, 6.45) is 2.53. The van der Waals surface area contributed by atoms with Crippen LogP contribution in [0.2, 0.25) is 0 Å². The van der Waals surface area contributed by atoms with E-state index in [1.54, 1.807) is 6.07 Å². The molecule has 1 aromatic carbocycles. The molecule has 0 aliphatic heterocycles. The van der Waals surface area contributed by atoms with E-state index in [0.717, 1.165) is 10.9 Å². The Bertz CT molecular complexity index is 459. The molecule has 0 radical (unpaired) electrons. The predicted molar refractivity (Wildman–Crippen MR) is 71.7 cm³/mol. The molecule has 0 aliphatic carbocycles. The summed E-state index contributed by atoms with van der Waals surface area (Å²) in [5.41, 5.74) is 0.906. The number of sulfone groups is 1. The highest BCUT2D eigenvalue weighted by molar-refractivity contribution is 9.09. The van der Waals surface area contributed by atoms with Crippen LogP contribution in [0.5, 0.6) is 0 Å². The lowest BCUT2D eigenvalue weighted by Gasteiger charge is -2.13. The van der Waals surface area contributed by atoms with Gasteiger partial charge in [0.25, 0.3) is 0 Å². The van der Waals surface area contributed by atoms with Crippen molar-refractivity contribution >= 4 is 25.8 Å². The van der Waals surface area contributed by atoms with Crippen molar-refractivity contribution in [3.8, 4) is 0 Å². The van der Waals surface area contributed by atoms with Gasteiger partial charge in [-0.2, -0.15) is 0 Å². The second-order valence-electron chi connectivity index (χ2n) is 4.27. The van der Waals surface area contributed by atoms with Crippen molar-refractivity contribution in [2.24, 2.45) is 5.92 Å². The maximum atomic E-state index is 13.0. The summed E-state index contributed by atoms with van der Waals surface area (Å²) in [7, 11) is -2.92. The average Bonchev–Trinajstić information content (AvgIpc) is 2.23. The third-order valence-corrected chi connectivity index (χ3v) is 4.42. The van der Waals surface area contributed by atoms with Gasteiger partial charge in [0.15, 0.2) is 0 Å². The van der Waals surface area contributed by atoms with Crippen LogP contribution < -0.4 is 0 Å². The number of benzene rings is 1. The molecule has 0 bridgehead atoms. The van der Waals surface area contributed by atoms with E-state index in [-0.39, 0.29) is 17.5 Å². The summed E-state index contributed by atoms with van der Waals surface area (Å²) in [5, 5.41) is 0.721. The maximum Gasteiger partial charge on any atom is 0.147 e. The van der Waals surface area contributed by atoms with Gasteiger partial charge in [-0.3, -0.25) is 0 Å². The van der Waals surface area contributed by atoms with E-state index in [0.29, 0.717) is 12.8 Å². The Morgan fingerprint density at radius 3 is 2.65 bits per heavy atom. The van der Waals surface area contributed by atoms with Crippen molar-refractivity contribution in [3.63, 3.8) is 0 Å². The number of hydrogen-bond acceptors (Lipinski definition) is 2. The molecule has 5 heteroatoms. The molecule has 0 saturated carbocycles. The highest BCUT2D eigenvalue weighted by atomic mass is 79.9. The van der Waals surface area contributed by atoms with Gasteiger partial charge in [-0.15, -0.1) is 0 Å². The van der Waals surface area contributed by atoms with Crippen LogP contribution in [0.1, 0.15) is 12.0 Å². The highest BCUT2D eigenvalue weighted by Crippen LogP contribution is 2.16. The molecular weight excluding hydrogens is 307 g/mol. The number of halogens is 2. The van der Waals surface area contributed by atoms with Gasteiger partial charge in [0, 0.05) is 11.6 Å². The van der Waals surface area contributed by atoms with Crippen LogP contribution in [0.4, 0.5) is 4.39 Å². The zero-order valence-electron chi connectivity index (χ0n) is 9.70. The second kappa shape index (κ2) is 6.50. The molecule has 0 heterocycles. The smallest absolute Gasteiger partial charge is 0.147 e. The average molecular weight is 323 g/mol. The van der Waals surface area contributed by atoms with Crippen molar-refractivity contribution < 1.29 is 12.8 Å². The Balaban J connectivity index is 2.58. The maximum absolute atomic E-state index is 13.0. The molecule has 1 unspecified atom stereocenters. The van der Waals surface area contributed by atoms with E-state index in [9.17, 15) is 12.8 Å². The van der Waals surface area contributed by atoms with E-state index in [4.69, 9.17) is 0 Å². The lowest BCUT2D eigenvalue weighted by atomic mass is 9.99. The lowest BCUT2D eigenvalue weighted by Crippen LogP contribution is -2.13. The minimum Gasteiger partial charge on any atom is -0.229 e. The van der Waals surface area contributed by atoms with Crippen molar-refractivity contribution in [2.75, 3.05) is 17.3 Å². The largest absolute Gasteiger partial charge is 0.229 e. The number of hydrogen-bond donors (Lipinski definition) is 0. The van der Waals surface area contributed by atoms with E-state index in [2.05, 4.69) is 15.9 Å². The predicted octanol–water partition coefficient (Wildman–Crippen LogP) is 2.81. The first kappa shape index (κ1) is 14.6. The standard InChI is InChI=1S/C12H16BrFO2S/c1-17(15,16)6-5-11(9-13)7-10-3-2-4-12(14)8-10/h2-4,8,11H,5-7,9H2,1H3. The molecule has 1 rings (SSSR count). The minimum absolute atomic E-state index is 0.179. The Hall–Kier alpha value is -0.420. The third-order valence-electron chi connectivity index (χ3n) is 2.53. The summed E-state index contributed by atoms with van der Waals surface area (Å²) in [4.78, 5) is 0. The first-order chi connectivity index (χ1) is 7.90. The Labute approximate surface area is 110 Å². The fourth-order valence-electron chi connectivity index (χ4n) is 1.61. The van der Waals surface area contributed by atoms with Crippen molar-refractivity contribution in [3.05, 3.63) is 35.6 Å². The summed E-state index contributed by atoms with van der Waals surface area (Å²) < 4.78 is 35.2. The highest BCUT2D eigenvalue weighted by Gasteiger charge is 2.12. The lowest BCUT2D eigenvalue weighted by molar-refractivity contribution is 0.552. The number of alkyl halides is 1. The second-order valence-corrected chi connectivity index (χ2v) is 7.18. The van der Waals surface area contributed by atoms with Crippen molar-refractivity contribution in [1.82, 2.24) is 0 Å². The van der Waals surface area contributed by atoms with Crippen molar-refractivity contribution in [1.29, 1.82) is 0 Å². The van der Waals surface area contributed by atoms with Crippen LogP contribution in [0.3, 0.4) is 0 Å². The molecule has 0 spiro atoms. The third kappa shape index (κ3) is 6.17. The van der Waals surface area contributed by atoms with Crippen LogP contribution in [0.25, 0.3) is 0 Å². The molecule has 0 amide bonds. The van der Waals surface area contributed by atoms with Gasteiger partial charge in [0.05, 0.1) is 5.75 Å². The van der Waals surface area contributed by atoms with E-state index >= 15 is 0 Å². The zero-order valence-corrected chi connectivity index (χ0v) is 12.1. The van der Waals surface area contributed by atoms with Crippen LogP contribution in [-0.4, -0.2) is 25.8 Å². The van der Waals surface area contributed by atoms with E-state index in [1.165, 1.54) is 18.4 Å². The fraction of sp³-hybridized carbons (Fsp3) is 0.500. The molecule has 96 valence electrons.